The number of nitrogens with one attached hydrogen (secondary N) is 2. The Balaban J connectivity index is 2.58. The van der Waals surface area contributed by atoms with Gasteiger partial charge in [-0.1, -0.05) is 6.07 Å². The van der Waals surface area contributed by atoms with Gasteiger partial charge in [-0.2, -0.15) is 11.8 Å². The van der Waals surface area contributed by atoms with E-state index in [1.807, 2.05) is 12.1 Å². The number of carbonyl (C=O) groups is 4. The Bertz CT molecular complexity index is 658. The van der Waals surface area contributed by atoms with Crippen LogP contribution in [0.3, 0.4) is 0 Å². The first-order chi connectivity index (χ1) is 12.8. The summed E-state index contributed by atoms with van der Waals surface area (Å²) in [5.41, 5.74) is 6.14. The van der Waals surface area contributed by atoms with E-state index >= 15 is 0 Å². The first-order valence-corrected chi connectivity index (χ1v) is 9.20. The second-order valence-corrected chi connectivity index (χ2v) is 6.58. The highest BCUT2D eigenvalue weighted by molar-refractivity contribution is 7.98. The van der Waals surface area contributed by atoms with Crippen molar-refractivity contribution in [3.63, 3.8) is 0 Å². The van der Waals surface area contributed by atoms with Crippen LogP contribution in [-0.4, -0.2) is 63.3 Å². The van der Waals surface area contributed by atoms with Crippen LogP contribution >= 0.6 is 11.8 Å². The van der Waals surface area contributed by atoms with Gasteiger partial charge in [-0.05, 0) is 18.6 Å². The van der Waals surface area contributed by atoms with Gasteiger partial charge in [0.1, 0.15) is 18.6 Å². The van der Waals surface area contributed by atoms with Gasteiger partial charge in [0.05, 0.1) is 5.69 Å². The van der Waals surface area contributed by atoms with Gasteiger partial charge in [0.2, 0.25) is 11.8 Å². The zero-order valence-corrected chi connectivity index (χ0v) is 15.3. The number of carboxylic acids is 2. The maximum absolute atomic E-state index is 12.1. The molecular weight excluding hydrogens is 376 g/mol. The smallest absolute Gasteiger partial charge is 0.322 e. The normalized spacial score (nSPS) is 12.6. The number of hydrogen-bond acceptors (Lipinski definition) is 7. The largest absolute Gasteiger partial charge is 0.480 e. The van der Waals surface area contributed by atoms with Gasteiger partial charge in [-0.15, -0.1) is 0 Å². The third-order valence-corrected chi connectivity index (χ3v) is 4.39. The lowest BCUT2D eigenvalue weighted by Gasteiger charge is -2.18. The summed E-state index contributed by atoms with van der Waals surface area (Å²) in [6.45, 7) is -0.569. The van der Waals surface area contributed by atoms with Crippen molar-refractivity contribution < 1.29 is 29.4 Å². The molecule has 2 amide bonds. The van der Waals surface area contributed by atoms with Crippen molar-refractivity contribution >= 4 is 35.5 Å². The molecule has 1 rings (SSSR count). The fourth-order valence-corrected chi connectivity index (χ4v) is 2.88. The van der Waals surface area contributed by atoms with Crippen LogP contribution < -0.4 is 16.4 Å². The molecule has 0 bridgehead atoms. The molecule has 27 heavy (non-hydrogen) atoms. The first-order valence-electron chi connectivity index (χ1n) is 8.04. The van der Waals surface area contributed by atoms with Crippen LogP contribution in [-0.2, 0) is 24.9 Å². The quantitative estimate of drug-likeness (QED) is 0.302. The van der Waals surface area contributed by atoms with Crippen LogP contribution in [0.1, 0.15) is 18.5 Å². The Kier molecular flexibility index (Phi) is 9.83. The van der Waals surface area contributed by atoms with Crippen LogP contribution in [0.2, 0.25) is 0 Å². The van der Waals surface area contributed by atoms with Gasteiger partial charge in [0.25, 0.3) is 0 Å². The summed E-state index contributed by atoms with van der Waals surface area (Å²) in [6, 6.07) is 3.28. The van der Waals surface area contributed by atoms with E-state index in [2.05, 4.69) is 15.6 Å². The van der Waals surface area contributed by atoms with E-state index < -0.39 is 42.4 Å². The number of nitrogens with two attached hydrogens (primary N) is 1. The first kappa shape index (κ1) is 22.4. The molecule has 0 aliphatic carbocycles. The van der Waals surface area contributed by atoms with Crippen LogP contribution in [0.15, 0.2) is 24.4 Å². The molecule has 0 aromatic carbocycles. The Morgan fingerprint density at radius 1 is 1.22 bits per heavy atom. The highest BCUT2D eigenvalue weighted by Crippen LogP contribution is 2.11. The standard InChI is InChI=1S/C16H22N4O6S/c17-11(16(25)26)4-5-13(21)20-12(15(24)19-7-14(22)23)9-27-8-10-3-1-2-6-18-10/h1-3,6,11-12H,4-5,7-9,17H2,(H,19,24)(H,20,21)(H,22,23)(H,25,26). The van der Waals surface area contributed by atoms with Crippen LogP contribution in [0.25, 0.3) is 0 Å². The van der Waals surface area contributed by atoms with E-state index in [1.54, 1.807) is 12.3 Å². The minimum atomic E-state index is -1.22. The molecular formula is C16H22N4O6S. The molecule has 6 N–H and O–H groups in total. The summed E-state index contributed by atoms with van der Waals surface area (Å²) in [6.07, 6.45) is 1.40. The van der Waals surface area contributed by atoms with Gasteiger partial charge in [0.15, 0.2) is 0 Å². The second kappa shape index (κ2) is 11.9. The number of pyridine rings is 1. The summed E-state index contributed by atoms with van der Waals surface area (Å²) in [5.74, 6) is -2.91. The van der Waals surface area contributed by atoms with Crippen molar-refractivity contribution in [3.8, 4) is 0 Å². The average molecular weight is 398 g/mol. The molecule has 2 atom stereocenters. The molecule has 11 heteroatoms. The monoisotopic (exact) mass is 398 g/mol. The van der Waals surface area contributed by atoms with E-state index in [-0.39, 0.29) is 18.6 Å². The van der Waals surface area contributed by atoms with Gasteiger partial charge in [-0.25, -0.2) is 0 Å². The highest BCUT2D eigenvalue weighted by Gasteiger charge is 2.22. The van der Waals surface area contributed by atoms with Crippen LogP contribution in [0.4, 0.5) is 0 Å². The molecule has 148 valence electrons. The van der Waals surface area contributed by atoms with E-state index in [1.165, 1.54) is 11.8 Å². The topological polar surface area (TPSA) is 172 Å². The third-order valence-electron chi connectivity index (χ3n) is 3.33. The van der Waals surface area contributed by atoms with E-state index in [0.717, 1.165) is 5.69 Å². The lowest BCUT2D eigenvalue weighted by molar-refractivity contribution is -0.139. The predicted octanol–water partition coefficient (Wildman–Crippen LogP) is -0.807. The molecule has 1 aromatic heterocycles. The number of nitrogens with zero attached hydrogens (tertiary/aromatic N) is 1. The summed E-state index contributed by atoms with van der Waals surface area (Å²) in [7, 11) is 0. The molecule has 0 saturated heterocycles. The number of thioether (sulfide) groups is 1. The zero-order chi connectivity index (χ0) is 20.2. The molecule has 0 spiro atoms. The zero-order valence-electron chi connectivity index (χ0n) is 14.5. The predicted molar refractivity (Wildman–Crippen MR) is 97.8 cm³/mol. The molecule has 10 nitrogen and oxygen atoms in total. The second-order valence-electron chi connectivity index (χ2n) is 5.55. The Morgan fingerprint density at radius 3 is 2.56 bits per heavy atom. The molecule has 0 saturated carbocycles. The Hall–Kier alpha value is -2.66. The summed E-state index contributed by atoms with van der Waals surface area (Å²) >= 11 is 1.34. The number of aromatic nitrogens is 1. The van der Waals surface area contributed by atoms with Gasteiger partial charge in [0, 0.05) is 24.1 Å². The van der Waals surface area contributed by atoms with Crippen molar-refractivity contribution in [3.05, 3.63) is 30.1 Å². The number of carbonyl (C=O) groups excluding carboxylic acids is 2. The number of carboxylic acid groups (broad SMARTS) is 2. The minimum Gasteiger partial charge on any atom is -0.480 e. The highest BCUT2D eigenvalue weighted by atomic mass is 32.2. The third kappa shape index (κ3) is 9.56. The molecule has 0 aliphatic heterocycles. The Morgan fingerprint density at radius 2 is 1.96 bits per heavy atom. The molecule has 0 fully saturated rings. The molecule has 1 aromatic rings. The van der Waals surface area contributed by atoms with Gasteiger partial charge >= 0.3 is 11.9 Å². The van der Waals surface area contributed by atoms with E-state index in [4.69, 9.17) is 15.9 Å². The van der Waals surface area contributed by atoms with Crippen molar-refractivity contribution in [2.24, 2.45) is 5.73 Å². The molecule has 2 unspecified atom stereocenters. The number of amides is 2. The summed E-state index contributed by atoms with van der Waals surface area (Å²) < 4.78 is 0. The molecule has 0 radical (unpaired) electrons. The maximum Gasteiger partial charge on any atom is 0.322 e. The number of hydrogen-bond donors (Lipinski definition) is 5. The van der Waals surface area contributed by atoms with Crippen LogP contribution in [0, 0.1) is 0 Å². The van der Waals surface area contributed by atoms with Crippen LogP contribution in [0.5, 0.6) is 0 Å². The van der Waals surface area contributed by atoms with Crippen molar-refractivity contribution in [2.75, 3.05) is 12.3 Å². The lowest BCUT2D eigenvalue weighted by Crippen LogP contribution is -2.49. The fraction of sp³-hybridized carbons (Fsp3) is 0.438. The average Bonchev–Trinajstić information content (AvgIpc) is 2.64. The Labute approximate surface area is 159 Å². The maximum atomic E-state index is 12.1. The van der Waals surface area contributed by atoms with Crippen molar-refractivity contribution in [2.45, 2.75) is 30.7 Å². The molecule has 1 heterocycles. The number of rotatable bonds is 12. The van der Waals surface area contributed by atoms with Crippen molar-refractivity contribution in [1.29, 1.82) is 0 Å². The van der Waals surface area contributed by atoms with Crippen molar-refractivity contribution in [1.82, 2.24) is 15.6 Å². The summed E-state index contributed by atoms with van der Waals surface area (Å²) in [4.78, 5) is 49.5. The van der Waals surface area contributed by atoms with Gasteiger partial charge in [-0.3, -0.25) is 24.2 Å². The van der Waals surface area contributed by atoms with E-state index in [9.17, 15) is 19.2 Å². The number of aliphatic carboxylic acids is 2. The SMILES string of the molecule is NC(CCC(=O)NC(CSCc1ccccn1)C(=O)NCC(=O)O)C(=O)O. The molecule has 0 aliphatic rings. The minimum absolute atomic E-state index is 0.0777. The summed E-state index contributed by atoms with van der Waals surface area (Å²) in [5, 5.41) is 22.1. The lowest BCUT2D eigenvalue weighted by atomic mass is 10.1. The van der Waals surface area contributed by atoms with Gasteiger partial charge < -0.3 is 26.6 Å². The van der Waals surface area contributed by atoms with E-state index in [0.29, 0.717) is 5.75 Å². The fourth-order valence-electron chi connectivity index (χ4n) is 1.91.